The van der Waals surface area contributed by atoms with Crippen LogP contribution in [0.25, 0.3) is 0 Å². The molecule has 2 rings (SSSR count). The van der Waals surface area contributed by atoms with Crippen LogP contribution in [0.15, 0.2) is 0 Å². The minimum atomic E-state index is 0.920. The molecular weight excluding hydrogens is 148 g/mol. The summed E-state index contributed by atoms with van der Waals surface area (Å²) in [5.41, 5.74) is 0. The fourth-order valence-electron chi connectivity index (χ4n) is 2.47. The van der Waals surface area contributed by atoms with E-state index in [4.69, 9.17) is 0 Å². The van der Waals surface area contributed by atoms with Crippen molar-refractivity contribution < 1.29 is 0 Å². The Morgan fingerprint density at radius 1 is 0.917 bits per heavy atom. The smallest absolute Gasteiger partial charge is 0.0120 e. The first kappa shape index (κ1) is 8.52. The molecule has 0 radical (unpaired) electrons. The Morgan fingerprint density at radius 3 is 2.08 bits per heavy atom. The van der Waals surface area contributed by atoms with E-state index in [1.165, 1.54) is 51.9 Å². The lowest BCUT2D eigenvalue weighted by Crippen LogP contribution is -2.42. The second-order valence-electron chi connectivity index (χ2n) is 4.28. The molecule has 0 aromatic carbocycles. The van der Waals surface area contributed by atoms with Crippen molar-refractivity contribution in [2.45, 2.75) is 31.7 Å². The maximum Gasteiger partial charge on any atom is 0.0120 e. The van der Waals surface area contributed by atoms with Gasteiger partial charge in [-0.15, -0.1) is 0 Å². The lowest BCUT2D eigenvalue weighted by Gasteiger charge is -2.34. The van der Waals surface area contributed by atoms with Crippen LogP contribution in [0.5, 0.6) is 0 Å². The van der Waals surface area contributed by atoms with Gasteiger partial charge in [0, 0.05) is 6.04 Å². The van der Waals surface area contributed by atoms with E-state index in [9.17, 15) is 0 Å². The molecule has 0 saturated carbocycles. The van der Waals surface area contributed by atoms with E-state index in [0.717, 1.165) is 6.04 Å². The number of hydrogen-bond acceptors (Lipinski definition) is 2. The summed E-state index contributed by atoms with van der Waals surface area (Å²) >= 11 is 0. The second-order valence-corrected chi connectivity index (χ2v) is 4.28. The van der Waals surface area contributed by atoms with Crippen LogP contribution in [0, 0.1) is 0 Å². The summed E-state index contributed by atoms with van der Waals surface area (Å²) in [5.74, 6) is 0. The normalized spacial score (nSPS) is 29.8. The molecule has 2 aliphatic heterocycles. The van der Waals surface area contributed by atoms with Crippen LogP contribution in [0.3, 0.4) is 0 Å². The summed E-state index contributed by atoms with van der Waals surface area (Å²) in [6, 6.07) is 0.920. The van der Waals surface area contributed by atoms with Crippen LogP contribution in [0.1, 0.15) is 25.7 Å². The topological polar surface area (TPSA) is 6.48 Å². The first-order valence-corrected chi connectivity index (χ1v) is 5.29. The Labute approximate surface area is 75.5 Å². The standard InChI is InChI=1S/C10H20N2/c1-11-8-4-10(5-9-11)12-6-2-3-7-12/h10H,2-9H2,1H3. The number of likely N-dealkylation sites (tertiary alicyclic amines) is 2. The van der Waals surface area contributed by atoms with E-state index in [1.807, 2.05) is 0 Å². The molecular formula is C10H20N2. The number of piperidine rings is 1. The van der Waals surface area contributed by atoms with Crippen LogP contribution in [-0.4, -0.2) is 49.1 Å². The van der Waals surface area contributed by atoms with E-state index in [0.29, 0.717) is 0 Å². The van der Waals surface area contributed by atoms with Crippen LogP contribution in [0.2, 0.25) is 0 Å². The van der Waals surface area contributed by atoms with E-state index in [2.05, 4.69) is 16.8 Å². The molecule has 0 atom stereocenters. The van der Waals surface area contributed by atoms with E-state index >= 15 is 0 Å². The summed E-state index contributed by atoms with van der Waals surface area (Å²) in [5, 5.41) is 0. The lowest BCUT2D eigenvalue weighted by atomic mass is 10.0. The van der Waals surface area contributed by atoms with Gasteiger partial charge in [0.1, 0.15) is 0 Å². The third-order valence-corrected chi connectivity index (χ3v) is 3.35. The third kappa shape index (κ3) is 1.80. The van der Waals surface area contributed by atoms with Crippen molar-refractivity contribution in [3.8, 4) is 0 Å². The van der Waals surface area contributed by atoms with Crippen LogP contribution >= 0.6 is 0 Å². The average Bonchev–Trinajstić information content (AvgIpc) is 2.58. The molecule has 0 aromatic heterocycles. The predicted molar refractivity (Wildman–Crippen MR) is 51.3 cm³/mol. The number of rotatable bonds is 1. The summed E-state index contributed by atoms with van der Waals surface area (Å²) in [4.78, 5) is 5.15. The van der Waals surface area contributed by atoms with Crippen molar-refractivity contribution in [1.29, 1.82) is 0 Å². The van der Waals surface area contributed by atoms with Gasteiger partial charge in [0.05, 0.1) is 0 Å². The van der Waals surface area contributed by atoms with Crippen molar-refractivity contribution in [3.63, 3.8) is 0 Å². The van der Waals surface area contributed by atoms with Gasteiger partial charge < -0.3 is 9.80 Å². The third-order valence-electron chi connectivity index (χ3n) is 3.35. The highest BCUT2D eigenvalue weighted by molar-refractivity contribution is 4.81. The fraction of sp³-hybridized carbons (Fsp3) is 1.00. The first-order valence-electron chi connectivity index (χ1n) is 5.29. The number of hydrogen-bond donors (Lipinski definition) is 0. The molecule has 2 heterocycles. The Bertz CT molecular complexity index is 133. The Morgan fingerprint density at radius 2 is 1.50 bits per heavy atom. The molecule has 0 spiro atoms. The molecule has 2 nitrogen and oxygen atoms in total. The molecule has 2 saturated heterocycles. The van der Waals surface area contributed by atoms with Crippen LogP contribution in [-0.2, 0) is 0 Å². The Balaban J connectivity index is 1.80. The first-order chi connectivity index (χ1) is 5.86. The molecule has 70 valence electrons. The van der Waals surface area contributed by atoms with Crippen LogP contribution in [0.4, 0.5) is 0 Å². The molecule has 0 bridgehead atoms. The Hall–Kier alpha value is -0.0800. The molecule has 12 heavy (non-hydrogen) atoms. The van der Waals surface area contributed by atoms with E-state index in [1.54, 1.807) is 0 Å². The molecule has 0 amide bonds. The fourth-order valence-corrected chi connectivity index (χ4v) is 2.47. The highest BCUT2D eigenvalue weighted by atomic mass is 15.2. The lowest BCUT2D eigenvalue weighted by molar-refractivity contribution is 0.143. The minimum absolute atomic E-state index is 0.920. The highest BCUT2D eigenvalue weighted by Gasteiger charge is 2.24. The summed E-state index contributed by atoms with van der Waals surface area (Å²) in [7, 11) is 2.24. The molecule has 2 heteroatoms. The van der Waals surface area contributed by atoms with Gasteiger partial charge >= 0.3 is 0 Å². The number of nitrogens with zero attached hydrogens (tertiary/aromatic N) is 2. The molecule has 2 fully saturated rings. The van der Waals surface area contributed by atoms with Crippen LogP contribution < -0.4 is 0 Å². The van der Waals surface area contributed by atoms with Gasteiger partial charge in [-0.2, -0.15) is 0 Å². The molecule has 0 aromatic rings. The van der Waals surface area contributed by atoms with Gasteiger partial charge in [-0.3, -0.25) is 0 Å². The maximum absolute atomic E-state index is 2.70. The van der Waals surface area contributed by atoms with Gasteiger partial charge in [-0.25, -0.2) is 0 Å². The molecule has 0 unspecified atom stereocenters. The van der Waals surface area contributed by atoms with Gasteiger partial charge in [-0.05, 0) is 58.9 Å². The van der Waals surface area contributed by atoms with Gasteiger partial charge in [0.25, 0.3) is 0 Å². The van der Waals surface area contributed by atoms with Crippen molar-refractivity contribution in [1.82, 2.24) is 9.80 Å². The maximum atomic E-state index is 2.70. The van der Waals surface area contributed by atoms with Crippen molar-refractivity contribution >= 4 is 0 Å². The molecule has 2 aliphatic rings. The average molecular weight is 168 g/mol. The monoisotopic (exact) mass is 168 g/mol. The quantitative estimate of drug-likeness (QED) is 0.580. The SMILES string of the molecule is CN1CCC(N2CCCC2)CC1. The zero-order valence-corrected chi connectivity index (χ0v) is 8.13. The zero-order chi connectivity index (χ0) is 8.39. The van der Waals surface area contributed by atoms with E-state index in [-0.39, 0.29) is 0 Å². The van der Waals surface area contributed by atoms with Gasteiger partial charge in [0.2, 0.25) is 0 Å². The highest BCUT2D eigenvalue weighted by Crippen LogP contribution is 2.19. The second kappa shape index (κ2) is 3.75. The molecule has 0 N–H and O–H groups in total. The minimum Gasteiger partial charge on any atom is -0.306 e. The Kier molecular flexibility index (Phi) is 2.66. The predicted octanol–water partition coefficient (Wildman–Crippen LogP) is 1.18. The summed E-state index contributed by atoms with van der Waals surface area (Å²) in [6.45, 7) is 5.35. The van der Waals surface area contributed by atoms with Gasteiger partial charge in [-0.1, -0.05) is 0 Å². The van der Waals surface area contributed by atoms with Crippen molar-refractivity contribution in [2.24, 2.45) is 0 Å². The summed E-state index contributed by atoms with van der Waals surface area (Å²) < 4.78 is 0. The molecule has 0 aliphatic carbocycles. The largest absolute Gasteiger partial charge is 0.306 e. The van der Waals surface area contributed by atoms with Crippen molar-refractivity contribution in [3.05, 3.63) is 0 Å². The van der Waals surface area contributed by atoms with E-state index < -0.39 is 0 Å². The zero-order valence-electron chi connectivity index (χ0n) is 8.13. The van der Waals surface area contributed by atoms with Gasteiger partial charge in [0.15, 0.2) is 0 Å². The van der Waals surface area contributed by atoms with Crippen molar-refractivity contribution in [2.75, 3.05) is 33.2 Å². The summed E-state index contributed by atoms with van der Waals surface area (Å²) in [6.07, 6.45) is 5.67.